The van der Waals surface area contributed by atoms with Crippen molar-refractivity contribution in [3.05, 3.63) is 35.9 Å². The van der Waals surface area contributed by atoms with Crippen molar-refractivity contribution in [2.45, 2.75) is 32.0 Å². The molecule has 0 spiro atoms. The first kappa shape index (κ1) is 15.9. The second kappa shape index (κ2) is 7.02. The minimum Gasteiger partial charge on any atom is -0.467 e. The van der Waals surface area contributed by atoms with Gasteiger partial charge in [-0.3, -0.25) is 5.01 Å². The van der Waals surface area contributed by atoms with E-state index in [9.17, 15) is 9.59 Å². The zero-order valence-corrected chi connectivity index (χ0v) is 12.8. The first-order chi connectivity index (χ1) is 10.6. The van der Waals surface area contributed by atoms with E-state index in [1.54, 1.807) is 6.92 Å². The first-order valence-electron chi connectivity index (χ1n) is 7.08. The van der Waals surface area contributed by atoms with Crippen molar-refractivity contribution in [3.8, 4) is 0 Å². The highest BCUT2D eigenvalue weighted by atomic mass is 16.5. The van der Waals surface area contributed by atoms with Crippen LogP contribution in [-0.4, -0.2) is 42.7 Å². The summed E-state index contributed by atoms with van der Waals surface area (Å²) in [5.74, 6) is -1.14. The quantitative estimate of drug-likeness (QED) is 0.776. The molecule has 118 valence electrons. The number of esters is 2. The van der Waals surface area contributed by atoms with Crippen LogP contribution in [0.4, 0.5) is 0 Å². The van der Waals surface area contributed by atoms with Gasteiger partial charge in [-0.1, -0.05) is 35.6 Å². The van der Waals surface area contributed by atoms with Crippen LogP contribution in [0.25, 0.3) is 0 Å². The third-order valence-corrected chi connectivity index (χ3v) is 3.51. The molecule has 0 amide bonds. The number of ether oxygens (including phenoxy) is 2. The number of rotatable bonds is 5. The third-order valence-electron chi connectivity index (χ3n) is 3.51. The highest BCUT2D eigenvalue weighted by molar-refractivity contribution is 5.87. The summed E-state index contributed by atoms with van der Waals surface area (Å²) < 4.78 is 9.76. The average Bonchev–Trinajstić information content (AvgIpc) is 2.99. The molecular formula is C15H19N3O4. The van der Waals surface area contributed by atoms with Gasteiger partial charge in [-0.05, 0) is 19.4 Å². The van der Waals surface area contributed by atoms with Gasteiger partial charge in [-0.25, -0.2) is 9.59 Å². The van der Waals surface area contributed by atoms with Crippen LogP contribution in [-0.2, 0) is 19.1 Å². The molecule has 22 heavy (non-hydrogen) atoms. The van der Waals surface area contributed by atoms with E-state index in [1.165, 1.54) is 12.1 Å². The molecule has 1 heterocycles. The lowest BCUT2D eigenvalue weighted by atomic mass is 10.0. The molecule has 0 N–H and O–H groups in total. The Labute approximate surface area is 128 Å². The Kier molecular flexibility index (Phi) is 5.08. The van der Waals surface area contributed by atoms with Gasteiger partial charge >= 0.3 is 11.9 Å². The Morgan fingerprint density at radius 1 is 1.27 bits per heavy atom. The molecule has 7 heteroatoms. The van der Waals surface area contributed by atoms with Crippen LogP contribution in [0.3, 0.4) is 0 Å². The normalized spacial score (nSPS) is 21.5. The third kappa shape index (κ3) is 3.08. The predicted molar refractivity (Wildman–Crippen MR) is 77.8 cm³/mol. The molecule has 0 aromatic heterocycles. The molecule has 2 rings (SSSR count). The maximum absolute atomic E-state index is 12.1. The first-order valence-corrected chi connectivity index (χ1v) is 7.08. The zero-order valence-electron chi connectivity index (χ0n) is 12.8. The molecule has 0 bridgehead atoms. The summed E-state index contributed by atoms with van der Waals surface area (Å²) >= 11 is 0. The van der Waals surface area contributed by atoms with Crippen LogP contribution in [0, 0.1) is 0 Å². The van der Waals surface area contributed by atoms with Crippen molar-refractivity contribution < 1.29 is 19.1 Å². The second-order valence-corrected chi connectivity index (χ2v) is 4.84. The minimum absolute atomic E-state index is 0.215. The summed E-state index contributed by atoms with van der Waals surface area (Å²) in [5.41, 5.74) is 0.958. The number of hydrogen-bond donors (Lipinski definition) is 0. The van der Waals surface area contributed by atoms with Crippen molar-refractivity contribution in [3.63, 3.8) is 0 Å². The minimum atomic E-state index is -1.00. The maximum Gasteiger partial charge on any atom is 0.335 e. The van der Waals surface area contributed by atoms with Crippen LogP contribution in [0.5, 0.6) is 0 Å². The smallest absolute Gasteiger partial charge is 0.335 e. The predicted octanol–water partition coefficient (Wildman–Crippen LogP) is 1.90. The van der Waals surface area contributed by atoms with Crippen LogP contribution in [0.2, 0.25) is 0 Å². The number of carbonyl (C=O) groups is 2. The molecule has 0 radical (unpaired) electrons. The monoisotopic (exact) mass is 305 g/mol. The van der Waals surface area contributed by atoms with Crippen molar-refractivity contribution in [1.82, 2.24) is 5.01 Å². The Morgan fingerprint density at radius 2 is 1.95 bits per heavy atom. The van der Waals surface area contributed by atoms with E-state index in [-0.39, 0.29) is 12.6 Å². The Balaban J connectivity index is 2.25. The molecule has 0 aliphatic carbocycles. The van der Waals surface area contributed by atoms with E-state index in [0.29, 0.717) is 0 Å². The number of nitrogens with zero attached hydrogens (tertiary/aromatic N) is 3. The molecule has 1 aliphatic heterocycles. The molecule has 1 aromatic rings. The molecule has 0 unspecified atom stereocenters. The maximum atomic E-state index is 12.1. The number of benzene rings is 1. The largest absolute Gasteiger partial charge is 0.467 e. The molecular weight excluding hydrogens is 286 g/mol. The van der Waals surface area contributed by atoms with Gasteiger partial charge < -0.3 is 9.47 Å². The average molecular weight is 305 g/mol. The molecule has 7 nitrogen and oxygen atoms in total. The summed E-state index contributed by atoms with van der Waals surface area (Å²) in [7, 11) is 1.27. The van der Waals surface area contributed by atoms with Gasteiger partial charge in [-0.2, -0.15) is 5.11 Å². The van der Waals surface area contributed by atoms with E-state index in [0.717, 1.165) is 5.56 Å². The summed E-state index contributed by atoms with van der Waals surface area (Å²) in [6.45, 7) is 3.80. The highest BCUT2D eigenvalue weighted by Gasteiger charge is 2.46. The lowest BCUT2D eigenvalue weighted by Crippen LogP contribution is -2.47. The van der Waals surface area contributed by atoms with E-state index < -0.39 is 24.0 Å². The summed E-state index contributed by atoms with van der Waals surface area (Å²) in [5, 5.41) is 9.40. The Hall–Kier alpha value is -2.44. The SMILES string of the molecule is CCOC(=O)[C@@H]1N=NN([C@H](C)c2ccccc2)[C@H]1C(=O)OC. The van der Waals surface area contributed by atoms with Gasteiger partial charge in [0.2, 0.25) is 6.04 Å². The van der Waals surface area contributed by atoms with Crippen molar-refractivity contribution in [1.29, 1.82) is 0 Å². The standard InChI is InChI=1S/C15H19N3O4/c1-4-22-14(19)12-13(15(20)21-3)18(17-16-12)10(2)11-8-6-5-7-9-11/h5-10,12-13H,4H2,1-3H3/t10-,12-,13-/m1/s1. The number of methoxy groups -OCH3 is 1. The van der Waals surface area contributed by atoms with E-state index in [2.05, 4.69) is 10.3 Å². The fourth-order valence-corrected chi connectivity index (χ4v) is 2.34. The fraction of sp³-hybridized carbons (Fsp3) is 0.467. The molecule has 1 aliphatic rings. The molecule has 0 saturated carbocycles. The number of hydrogen-bond acceptors (Lipinski definition) is 7. The summed E-state index contributed by atoms with van der Waals surface area (Å²) in [6, 6.07) is 7.40. The van der Waals surface area contributed by atoms with Gasteiger partial charge in [0.1, 0.15) is 0 Å². The van der Waals surface area contributed by atoms with Crippen LogP contribution < -0.4 is 0 Å². The molecule has 3 atom stereocenters. The van der Waals surface area contributed by atoms with Crippen LogP contribution in [0.15, 0.2) is 40.7 Å². The van der Waals surface area contributed by atoms with E-state index in [1.807, 2.05) is 37.3 Å². The van der Waals surface area contributed by atoms with Crippen molar-refractivity contribution in [2.75, 3.05) is 13.7 Å². The van der Waals surface area contributed by atoms with E-state index in [4.69, 9.17) is 9.47 Å². The highest BCUT2D eigenvalue weighted by Crippen LogP contribution is 2.30. The molecule has 1 aromatic carbocycles. The van der Waals surface area contributed by atoms with Crippen molar-refractivity contribution >= 4 is 11.9 Å². The van der Waals surface area contributed by atoms with Gasteiger partial charge in [-0.15, -0.1) is 0 Å². The molecule has 0 saturated heterocycles. The summed E-state index contributed by atoms with van der Waals surface area (Å²) in [6.07, 6.45) is 0. The van der Waals surface area contributed by atoms with Gasteiger partial charge in [0.15, 0.2) is 6.04 Å². The van der Waals surface area contributed by atoms with Gasteiger partial charge in [0, 0.05) is 0 Å². The van der Waals surface area contributed by atoms with Gasteiger partial charge in [0.05, 0.1) is 19.8 Å². The van der Waals surface area contributed by atoms with Crippen molar-refractivity contribution in [2.24, 2.45) is 10.3 Å². The Bertz CT molecular complexity index is 561. The number of carbonyl (C=O) groups excluding carboxylic acids is 2. The second-order valence-electron chi connectivity index (χ2n) is 4.84. The van der Waals surface area contributed by atoms with E-state index >= 15 is 0 Å². The zero-order chi connectivity index (χ0) is 16.1. The topological polar surface area (TPSA) is 80.6 Å². The summed E-state index contributed by atoms with van der Waals surface area (Å²) in [4.78, 5) is 24.1. The lowest BCUT2D eigenvalue weighted by Gasteiger charge is -2.28. The lowest BCUT2D eigenvalue weighted by molar-refractivity contribution is -0.155. The van der Waals surface area contributed by atoms with Crippen LogP contribution >= 0.6 is 0 Å². The Morgan fingerprint density at radius 3 is 2.55 bits per heavy atom. The molecule has 0 fully saturated rings. The fourth-order valence-electron chi connectivity index (χ4n) is 2.34. The van der Waals surface area contributed by atoms with Crippen LogP contribution in [0.1, 0.15) is 25.5 Å². The van der Waals surface area contributed by atoms with Gasteiger partial charge in [0.25, 0.3) is 0 Å².